The molecule has 8 nitrogen and oxygen atoms in total. The topological polar surface area (TPSA) is 91.0 Å². The number of hydrogen-bond donors (Lipinski definition) is 2. The van der Waals surface area contributed by atoms with Crippen molar-refractivity contribution in [1.29, 1.82) is 0 Å². The van der Waals surface area contributed by atoms with E-state index in [4.69, 9.17) is 4.74 Å². The Labute approximate surface area is 281 Å². The zero-order valence-corrected chi connectivity index (χ0v) is 29.2. The van der Waals surface area contributed by atoms with E-state index in [1.807, 2.05) is 0 Å². The smallest absolute Gasteiger partial charge is 0.251 e. The zero-order valence-electron chi connectivity index (χ0n) is 29.2. The van der Waals surface area contributed by atoms with Crippen molar-refractivity contribution in [3.63, 3.8) is 0 Å². The van der Waals surface area contributed by atoms with Crippen molar-refractivity contribution < 1.29 is 27.9 Å². The lowest BCUT2D eigenvalue weighted by Crippen LogP contribution is -2.53. The van der Waals surface area contributed by atoms with Crippen LogP contribution >= 0.6 is 0 Å². The summed E-state index contributed by atoms with van der Waals surface area (Å²) >= 11 is 0. The van der Waals surface area contributed by atoms with Gasteiger partial charge in [-0.3, -0.25) is 19.4 Å². The number of amides is 1. The van der Waals surface area contributed by atoms with Crippen LogP contribution in [0.3, 0.4) is 0 Å². The third kappa shape index (κ3) is 7.21. The number of aldehydes is 1. The second kappa shape index (κ2) is 15.3. The molecule has 3 saturated heterocycles. The minimum absolute atomic E-state index is 0.0167. The summed E-state index contributed by atoms with van der Waals surface area (Å²) in [6, 6.07) is 0.105. The third-order valence-corrected chi connectivity index (χ3v) is 13.5. The van der Waals surface area contributed by atoms with E-state index in [9.17, 15) is 23.2 Å². The first-order chi connectivity index (χ1) is 22.5. The number of nitrogens with zero attached hydrogens (tertiary/aromatic N) is 2. The van der Waals surface area contributed by atoms with Crippen LogP contribution in [-0.4, -0.2) is 97.8 Å². The third-order valence-electron chi connectivity index (χ3n) is 13.5. The predicted octanol–water partition coefficient (Wildman–Crippen LogP) is 5.50. The van der Waals surface area contributed by atoms with Crippen LogP contribution in [0.5, 0.6) is 0 Å². The number of alkyl halides is 2. The van der Waals surface area contributed by atoms with Crippen molar-refractivity contribution in [2.75, 3.05) is 39.4 Å². The van der Waals surface area contributed by atoms with Gasteiger partial charge >= 0.3 is 0 Å². The first-order valence-electron chi connectivity index (χ1n) is 18.5. The van der Waals surface area contributed by atoms with Gasteiger partial charge in [-0.15, -0.1) is 0 Å². The van der Waals surface area contributed by atoms with Gasteiger partial charge in [-0.2, -0.15) is 0 Å². The fourth-order valence-electron chi connectivity index (χ4n) is 10.6. The summed E-state index contributed by atoms with van der Waals surface area (Å²) in [6.45, 7) is 14.1. The molecule has 4 atom stereocenters. The molecular weight excluding hydrogens is 602 g/mol. The van der Waals surface area contributed by atoms with E-state index in [0.717, 1.165) is 84.0 Å². The highest BCUT2D eigenvalue weighted by molar-refractivity contribution is 5.84. The predicted molar refractivity (Wildman–Crippen MR) is 179 cm³/mol. The Morgan fingerprint density at radius 1 is 0.957 bits per heavy atom. The van der Waals surface area contributed by atoms with Crippen molar-refractivity contribution in [1.82, 2.24) is 20.4 Å². The average molecular weight is 663 g/mol. The van der Waals surface area contributed by atoms with Crippen LogP contribution in [0.2, 0.25) is 0 Å². The molecule has 2 N–H and O–H groups in total. The molecule has 3 aliphatic carbocycles. The number of nitrogens with one attached hydrogen (secondary N) is 2. The second-order valence-corrected chi connectivity index (χ2v) is 15.8. The molecule has 3 aliphatic heterocycles. The Morgan fingerprint density at radius 3 is 2.21 bits per heavy atom. The molecule has 3 heterocycles. The molecule has 0 aromatic carbocycles. The fraction of sp³-hybridized carbons (Fsp3) is 0.865. The Hall–Kier alpha value is -1.91. The highest BCUT2D eigenvalue weighted by atomic mass is 19.3. The number of carbonyl (C=O) groups is 3. The molecule has 0 radical (unpaired) electrons. The standard InChI is InChI=1S/C19H31F2N3O2.C18H29NO2/c1-14(16-9-5-6-11-24(16)13-17(20)21)23-18(19(26)22-10-12-25)15-7-3-2-4-8-15;1-13(20)15-11-18(16(2,3)17(18)7-4-8-17)12-19(15)14-5-9-21-10-6-14/h12,15-18,23H,1-11,13H2,(H,22,26);14-15H,4-12H2,1-3H3/t16-,18?;/m0./s1. The first-order valence-corrected chi connectivity index (χ1v) is 18.5. The van der Waals surface area contributed by atoms with Gasteiger partial charge in [0, 0.05) is 37.5 Å². The normalized spacial score (nSPS) is 31.4. The van der Waals surface area contributed by atoms with Crippen LogP contribution in [0.15, 0.2) is 12.3 Å². The molecule has 3 saturated carbocycles. The minimum Gasteiger partial charge on any atom is -0.381 e. The van der Waals surface area contributed by atoms with E-state index in [0.29, 0.717) is 46.6 Å². The Balaban J connectivity index is 0.000000188. The molecule has 6 rings (SSSR count). The molecule has 10 heteroatoms. The average Bonchev–Trinajstić information content (AvgIpc) is 3.25. The van der Waals surface area contributed by atoms with Gasteiger partial charge in [0.25, 0.3) is 6.43 Å². The summed E-state index contributed by atoms with van der Waals surface area (Å²) in [6.07, 6.45) is 13.7. The number of ether oxygens (including phenoxy) is 1. The zero-order chi connectivity index (χ0) is 33.8. The van der Waals surface area contributed by atoms with E-state index in [-0.39, 0.29) is 37.0 Å². The van der Waals surface area contributed by atoms with Gasteiger partial charge in [-0.05, 0) is 93.4 Å². The van der Waals surface area contributed by atoms with Crippen molar-refractivity contribution >= 4 is 18.0 Å². The minimum atomic E-state index is -2.38. The van der Waals surface area contributed by atoms with Gasteiger partial charge in [0.05, 0.1) is 19.1 Å². The number of carbonyl (C=O) groups excluding carboxylic acids is 3. The van der Waals surface area contributed by atoms with Crippen LogP contribution < -0.4 is 10.6 Å². The van der Waals surface area contributed by atoms with E-state index >= 15 is 0 Å². The maximum absolute atomic E-state index is 12.9. The maximum atomic E-state index is 12.9. The quantitative estimate of drug-likeness (QED) is 0.283. The SMILES string of the molecule is C=C(NC(C(=O)NCC=O)C1CCCCC1)[C@@H]1CCCCN1CC(F)F.CC(=O)C1CC2(CN1C1CCOCC1)C(C)(C)C21CCC1. The summed E-state index contributed by atoms with van der Waals surface area (Å²) in [7, 11) is 0. The largest absolute Gasteiger partial charge is 0.381 e. The van der Waals surface area contributed by atoms with Gasteiger partial charge in [0.2, 0.25) is 5.91 Å². The molecule has 1 amide bonds. The highest BCUT2D eigenvalue weighted by Crippen LogP contribution is 2.88. The van der Waals surface area contributed by atoms with Crippen LogP contribution in [0.4, 0.5) is 8.78 Å². The molecule has 3 unspecified atom stereocenters. The van der Waals surface area contributed by atoms with Crippen molar-refractivity contribution in [2.45, 2.75) is 141 Å². The number of likely N-dealkylation sites (tertiary alicyclic amines) is 2. The molecular formula is C37H60F2N4O4. The Kier molecular flexibility index (Phi) is 11.9. The first kappa shape index (κ1) is 36.4. The van der Waals surface area contributed by atoms with Crippen LogP contribution in [-0.2, 0) is 19.1 Å². The van der Waals surface area contributed by atoms with Gasteiger partial charge < -0.3 is 20.2 Å². The molecule has 47 heavy (non-hydrogen) atoms. The number of ketones is 1. The van der Waals surface area contributed by atoms with Crippen molar-refractivity contribution in [3.05, 3.63) is 12.3 Å². The van der Waals surface area contributed by atoms with Gasteiger partial charge in [-0.25, -0.2) is 8.78 Å². The van der Waals surface area contributed by atoms with E-state index in [2.05, 4.69) is 36.0 Å². The number of rotatable bonds is 11. The lowest BCUT2D eigenvalue weighted by atomic mass is 9.73. The number of piperidine rings is 1. The number of fused-ring (bicyclic) bond motifs is 1. The second-order valence-electron chi connectivity index (χ2n) is 15.8. The monoisotopic (exact) mass is 662 g/mol. The molecule has 2 spiro atoms. The van der Waals surface area contributed by atoms with E-state index < -0.39 is 12.5 Å². The van der Waals surface area contributed by atoms with Gasteiger partial charge in [0.15, 0.2) is 0 Å². The van der Waals surface area contributed by atoms with E-state index in [1.165, 1.54) is 25.7 Å². The molecule has 6 aliphatic rings. The van der Waals surface area contributed by atoms with Crippen molar-refractivity contribution in [3.8, 4) is 0 Å². The highest BCUT2D eigenvalue weighted by Gasteiger charge is 2.84. The lowest BCUT2D eigenvalue weighted by molar-refractivity contribution is -0.125. The van der Waals surface area contributed by atoms with Crippen LogP contribution in [0, 0.1) is 22.2 Å². The molecule has 0 aromatic rings. The molecule has 0 aromatic heterocycles. The van der Waals surface area contributed by atoms with Gasteiger partial charge in [-0.1, -0.05) is 52.5 Å². The Bertz CT molecular complexity index is 1120. The summed E-state index contributed by atoms with van der Waals surface area (Å²) in [5, 5.41) is 5.90. The number of hydrogen-bond acceptors (Lipinski definition) is 7. The van der Waals surface area contributed by atoms with Crippen molar-refractivity contribution in [2.24, 2.45) is 22.2 Å². The molecule has 0 bridgehead atoms. The lowest BCUT2D eigenvalue weighted by Gasteiger charge is -2.39. The summed E-state index contributed by atoms with van der Waals surface area (Å²) in [5.74, 6) is 0.358. The maximum Gasteiger partial charge on any atom is 0.251 e. The van der Waals surface area contributed by atoms with Gasteiger partial charge in [0.1, 0.15) is 18.1 Å². The summed E-state index contributed by atoms with van der Waals surface area (Å²) in [5.41, 5.74) is 2.06. The van der Waals surface area contributed by atoms with Crippen LogP contribution in [0.1, 0.15) is 111 Å². The fourth-order valence-corrected chi connectivity index (χ4v) is 10.6. The van der Waals surface area contributed by atoms with E-state index in [1.54, 1.807) is 11.8 Å². The number of Topliss-reactive ketones (excluding diaryl/α,β-unsaturated/α-hetero) is 1. The van der Waals surface area contributed by atoms with Crippen LogP contribution in [0.25, 0.3) is 0 Å². The summed E-state index contributed by atoms with van der Waals surface area (Å²) in [4.78, 5) is 39.8. The number of halogens is 2. The summed E-state index contributed by atoms with van der Waals surface area (Å²) < 4.78 is 31.3. The molecule has 6 fully saturated rings. The molecule has 266 valence electrons. The Morgan fingerprint density at radius 2 is 1.64 bits per heavy atom.